The average molecular weight is 262 g/mol. The molecule has 2 N–H and O–H groups in total. The zero-order valence-corrected chi connectivity index (χ0v) is 11.0. The maximum Gasteiger partial charge on any atom is 0.335 e. The van der Waals surface area contributed by atoms with Gasteiger partial charge in [-0.1, -0.05) is 6.07 Å². The highest BCUT2D eigenvalue weighted by Crippen LogP contribution is 2.19. The first-order chi connectivity index (χ1) is 8.56. The van der Waals surface area contributed by atoms with E-state index in [1.54, 1.807) is 29.5 Å². The number of aryl methyl sites for hydroxylation is 2. The molecule has 0 atom stereocenters. The SMILES string of the molecule is Cc1nc(C)c(CNc2cccc(C(=O)O)c2)s1. The third kappa shape index (κ3) is 2.87. The monoisotopic (exact) mass is 262 g/mol. The molecule has 4 nitrogen and oxygen atoms in total. The van der Waals surface area contributed by atoms with Crippen LogP contribution in [0.25, 0.3) is 0 Å². The highest BCUT2D eigenvalue weighted by Gasteiger charge is 2.06. The van der Waals surface area contributed by atoms with Gasteiger partial charge in [-0.3, -0.25) is 0 Å². The Morgan fingerprint density at radius 1 is 1.44 bits per heavy atom. The van der Waals surface area contributed by atoms with E-state index >= 15 is 0 Å². The summed E-state index contributed by atoms with van der Waals surface area (Å²) < 4.78 is 0. The lowest BCUT2D eigenvalue weighted by Crippen LogP contribution is -2.01. The predicted octanol–water partition coefficient (Wildman–Crippen LogP) is 3.07. The summed E-state index contributed by atoms with van der Waals surface area (Å²) in [5.41, 5.74) is 2.12. The first kappa shape index (κ1) is 12.6. The smallest absolute Gasteiger partial charge is 0.335 e. The van der Waals surface area contributed by atoms with Crippen LogP contribution in [-0.2, 0) is 6.54 Å². The lowest BCUT2D eigenvalue weighted by molar-refractivity contribution is 0.0697. The maximum atomic E-state index is 10.8. The van der Waals surface area contributed by atoms with Crippen LogP contribution in [0.1, 0.15) is 25.9 Å². The zero-order chi connectivity index (χ0) is 13.1. The van der Waals surface area contributed by atoms with Gasteiger partial charge in [-0.05, 0) is 32.0 Å². The second-order valence-electron chi connectivity index (χ2n) is 3.98. The maximum absolute atomic E-state index is 10.8. The molecular formula is C13H14N2O2S. The summed E-state index contributed by atoms with van der Waals surface area (Å²) in [7, 11) is 0. The second kappa shape index (κ2) is 5.18. The van der Waals surface area contributed by atoms with E-state index < -0.39 is 5.97 Å². The fraction of sp³-hybridized carbons (Fsp3) is 0.231. The number of rotatable bonds is 4. The van der Waals surface area contributed by atoms with Gasteiger partial charge in [-0.2, -0.15) is 0 Å². The van der Waals surface area contributed by atoms with Gasteiger partial charge in [-0.15, -0.1) is 11.3 Å². The molecule has 2 rings (SSSR count). The van der Waals surface area contributed by atoms with Gasteiger partial charge in [0.05, 0.1) is 22.8 Å². The van der Waals surface area contributed by atoms with Crippen LogP contribution < -0.4 is 5.32 Å². The second-order valence-corrected chi connectivity index (χ2v) is 5.27. The third-order valence-electron chi connectivity index (χ3n) is 2.56. The van der Waals surface area contributed by atoms with Crippen molar-refractivity contribution in [3.63, 3.8) is 0 Å². The van der Waals surface area contributed by atoms with Crippen molar-refractivity contribution in [1.29, 1.82) is 0 Å². The van der Waals surface area contributed by atoms with Crippen molar-refractivity contribution in [1.82, 2.24) is 4.98 Å². The van der Waals surface area contributed by atoms with Gasteiger partial charge < -0.3 is 10.4 Å². The molecule has 0 aliphatic heterocycles. The minimum atomic E-state index is -0.913. The van der Waals surface area contributed by atoms with Crippen molar-refractivity contribution in [2.75, 3.05) is 5.32 Å². The first-order valence-electron chi connectivity index (χ1n) is 5.56. The number of carbonyl (C=O) groups is 1. The van der Waals surface area contributed by atoms with Gasteiger partial charge in [0.15, 0.2) is 0 Å². The molecule has 0 saturated carbocycles. The molecule has 1 aromatic heterocycles. The molecular weight excluding hydrogens is 248 g/mol. The summed E-state index contributed by atoms with van der Waals surface area (Å²) >= 11 is 1.65. The van der Waals surface area contributed by atoms with Crippen LogP contribution in [0.15, 0.2) is 24.3 Å². The molecule has 0 fully saturated rings. The van der Waals surface area contributed by atoms with Crippen LogP contribution in [0.4, 0.5) is 5.69 Å². The van der Waals surface area contributed by atoms with E-state index in [1.807, 2.05) is 19.9 Å². The van der Waals surface area contributed by atoms with Gasteiger partial charge in [0, 0.05) is 10.6 Å². The van der Waals surface area contributed by atoms with Gasteiger partial charge in [0.2, 0.25) is 0 Å². The van der Waals surface area contributed by atoms with Crippen LogP contribution >= 0.6 is 11.3 Å². The summed E-state index contributed by atoms with van der Waals surface area (Å²) in [6.45, 7) is 4.63. The van der Waals surface area contributed by atoms with E-state index in [2.05, 4.69) is 10.3 Å². The Kier molecular flexibility index (Phi) is 3.62. The average Bonchev–Trinajstić information content (AvgIpc) is 2.65. The molecule has 0 bridgehead atoms. The Morgan fingerprint density at radius 3 is 2.83 bits per heavy atom. The summed E-state index contributed by atoms with van der Waals surface area (Å²) in [5.74, 6) is -0.913. The normalized spacial score (nSPS) is 10.3. The molecule has 1 aromatic carbocycles. The molecule has 0 aliphatic rings. The van der Waals surface area contributed by atoms with E-state index in [1.165, 1.54) is 4.88 Å². The number of nitrogens with one attached hydrogen (secondary N) is 1. The number of hydrogen-bond donors (Lipinski definition) is 2. The van der Waals surface area contributed by atoms with Crippen LogP contribution in [0.5, 0.6) is 0 Å². The highest BCUT2D eigenvalue weighted by atomic mass is 32.1. The molecule has 1 heterocycles. The number of thiazole rings is 1. The molecule has 0 aliphatic carbocycles. The molecule has 94 valence electrons. The van der Waals surface area contributed by atoms with Crippen LogP contribution in [0.3, 0.4) is 0 Å². The Balaban J connectivity index is 2.08. The van der Waals surface area contributed by atoms with Crippen LogP contribution in [0, 0.1) is 13.8 Å². The number of hydrogen-bond acceptors (Lipinski definition) is 4. The first-order valence-corrected chi connectivity index (χ1v) is 6.38. The minimum absolute atomic E-state index is 0.289. The summed E-state index contributed by atoms with van der Waals surface area (Å²) in [6.07, 6.45) is 0. The predicted molar refractivity (Wildman–Crippen MR) is 72.3 cm³/mol. The number of carboxylic acid groups (broad SMARTS) is 1. The molecule has 18 heavy (non-hydrogen) atoms. The lowest BCUT2D eigenvalue weighted by Gasteiger charge is -2.06. The molecule has 2 aromatic rings. The van der Waals surface area contributed by atoms with Crippen molar-refractivity contribution in [2.45, 2.75) is 20.4 Å². The molecule has 0 radical (unpaired) electrons. The number of aromatic carboxylic acids is 1. The fourth-order valence-corrected chi connectivity index (χ4v) is 2.56. The molecule has 0 unspecified atom stereocenters. The third-order valence-corrected chi connectivity index (χ3v) is 3.64. The van der Waals surface area contributed by atoms with Crippen LogP contribution in [-0.4, -0.2) is 16.1 Å². The number of nitrogens with zero attached hydrogens (tertiary/aromatic N) is 1. The Hall–Kier alpha value is -1.88. The van der Waals surface area contributed by atoms with Crippen molar-refractivity contribution < 1.29 is 9.90 Å². The van der Waals surface area contributed by atoms with Crippen LogP contribution in [0.2, 0.25) is 0 Å². The zero-order valence-electron chi connectivity index (χ0n) is 10.2. The minimum Gasteiger partial charge on any atom is -0.478 e. The molecule has 5 heteroatoms. The fourth-order valence-electron chi connectivity index (χ4n) is 1.68. The lowest BCUT2D eigenvalue weighted by atomic mass is 10.2. The summed E-state index contributed by atoms with van der Waals surface area (Å²) in [5, 5.41) is 13.2. The largest absolute Gasteiger partial charge is 0.478 e. The number of benzene rings is 1. The number of anilines is 1. The topological polar surface area (TPSA) is 62.2 Å². The Bertz CT molecular complexity index is 578. The van der Waals surface area contributed by atoms with Gasteiger partial charge in [0.25, 0.3) is 0 Å². The standard InChI is InChI=1S/C13H14N2O2S/c1-8-12(18-9(2)15-8)7-14-11-5-3-4-10(6-11)13(16)17/h3-6,14H,7H2,1-2H3,(H,16,17). The van der Waals surface area contributed by atoms with E-state index in [4.69, 9.17) is 5.11 Å². The summed E-state index contributed by atoms with van der Waals surface area (Å²) in [4.78, 5) is 16.4. The molecule has 0 amide bonds. The van der Waals surface area contributed by atoms with Gasteiger partial charge in [0.1, 0.15) is 0 Å². The number of aromatic nitrogens is 1. The van der Waals surface area contributed by atoms with E-state index in [0.717, 1.165) is 16.4 Å². The van der Waals surface area contributed by atoms with Gasteiger partial charge >= 0.3 is 5.97 Å². The highest BCUT2D eigenvalue weighted by molar-refractivity contribution is 7.11. The van der Waals surface area contributed by atoms with Crippen molar-refractivity contribution >= 4 is 23.0 Å². The quantitative estimate of drug-likeness (QED) is 0.889. The molecule has 0 saturated heterocycles. The van der Waals surface area contributed by atoms with Crippen molar-refractivity contribution in [3.8, 4) is 0 Å². The van der Waals surface area contributed by atoms with E-state index in [-0.39, 0.29) is 5.56 Å². The Labute approximate surface area is 109 Å². The number of carboxylic acids is 1. The molecule has 0 spiro atoms. The van der Waals surface area contributed by atoms with Crippen molar-refractivity contribution in [2.24, 2.45) is 0 Å². The van der Waals surface area contributed by atoms with E-state index in [0.29, 0.717) is 6.54 Å². The Morgan fingerprint density at radius 2 is 2.22 bits per heavy atom. The van der Waals surface area contributed by atoms with Gasteiger partial charge in [-0.25, -0.2) is 9.78 Å². The van der Waals surface area contributed by atoms with Crippen molar-refractivity contribution in [3.05, 3.63) is 45.4 Å². The van der Waals surface area contributed by atoms with E-state index in [9.17, 15) is 4.79 Å². The summed E-state index contributed by atoms with van der Waals surface area (Å²) in [6, 6.07) is 6.80.